The summed E-state index contributed by atoms with van der Waals surface area (Å²) < 4.78 is 25.9. The molecule has 0 aliphatic heterocycles. The number of carbonyl (C=O) groups excluding carboxylic acids is 2. The highest BCUT2D eigenvalue weighted by Gasteiger charge is 2.29. The van der Waals surface area contributed by atoms with Gasteiger partial charge in [-0.3, -0.25) is 9.36 Å². The summed E-state index contributed by atoms with van der Waals surface area (Å²) >= 11 is 2.68. The van der Waals surface area contributed by atoms with Gasteiger partial charge in [0.05, 0.1) is 18.4 Å². The Labute approximate surface area is 223 Å². The molecule has 0 saturated heterocycles. The monoisotopic (exact) mass is 544 g/mol. The first-order valence-electron chi connectivity index (χ1n) is 11.9. The van der Waals surface area contributed by atoms with E-state index in [0.717, 1.165) is 29.7 Å². The number of rotatable bonds is 10. The Morgan fingerprint density at radius 1 is 1.35 bits per heavy atom. The van der Waals surface area contributed by atoms with Crippen LogP contribution in [0, 0.1) is 11.7 Å². The number of esters is 1. The van der Waals surface area contributed by atoms with Gasteiger partial charge in [-0.2, -0.15) is 0 Å². The van der Waals surface area contributed by atoms with Crippen molar-refractivity contribution < 1.29 is 23.5 Å². The number of fused-ring (bicyclic) bond motifs is 1. The highest BCUT2D eigenvalue weighted by atomic mass is 32.2. The van der Waals surface area contributed by atoms with Crippen LogP contribution in [-0.4, -0.2) is 39.5 Å². The molecule has 3 aromatic rings. The van der Waals surface area contributed by atoms with Crippen molar-refractivity contribution in [3.05, 3.63) is 64.6 Å². The minimum Gasteiger partial charge on any atom is -0.483 e. The number of carbonyl (C=O) groups is 2. The third-order valence-corrected chi connectivity index (χ3v) is 8.17. The first-order valence-corrected chi connectivity index (χ1v) is 13.7. The SMILES string of the molecule is C=CCn1c(SCC(=O)Nc2sc3c(c2C(=O)OC)CCC(C)C3)nnc1C(C)Oc1ccc(F)cc1. The van der Waals surface area contributed by atoms with Crippen molar-refractivity contribution in [1.82, 2.24) is 14.8 Å². The second-order valence-corrected chi connectivity index (χ2v) is 10.9. The van der Waals surface area contributed by atoms with Crippen LogP contribution in [0.1, 0.15) is 53.0 Å². The maximum absolute atomic E-state index is 13.2. The number of benzene rings is 1. The van der Waals surface area contributed by atoms with E-state index in [1.54, 1.807) is 18.2 Å². The van der Waals surface area contributed by atoms with E-state index in [9.17, 15) is 14.0 Å². The van der Waals surface area contributed by atoms with Gasteiger partial charge in [0.25, 0.3) is 0 Å². The molecule has 196 valence electrons. The number of anilines is 1. The zero-order chi connectivity index (χ0) is 26.5. The van der Waals surface area contributed by atoms with E-state index in [-0.39, 0.29) is 17.5 Å². The molecule has 2 heterocycles. The van der Waals surface area contributed by atoms with Crippen LogP contribution in [0.5, 0.6) is 5.75 Å². The van der Waals surface area contributed by atoms with E-state index in [2.05, 4.69) is 29.0 Å². The molecule has 1 aromatic carbocycles. The van der Waals surface area contributed by atoms with Crippen LogP contribution >= 0.6 is 23.1 Å². The van der Waals surface area contributed by atoms with Gasteiger partial charge in [0, 0.05) is 11.4 Å². The van der Waals surface area contributed by atoms with Gasteiger partial charge in [-0.05, 0) is 61.9 Å². The Balaban J connectivity index is 1.45. The number of thiophene rings is 1. The Hall–Kier alpha value is -3.18. The van der Waals surface area contributed by atoms with Crippen molar-refractivity contribution in [2.24, 2.45) is 5.92 Å². The molecule has 0 bridgehead atoms. The first kappa shape index (κ1) is 26.9. The molecule has 1 aliphatic rings. The van der Waals surface area contributed by atoms with Crippen LogP contribution in [0.4, 0.5) is 9.39 Å². The van der Waals surface area contributed by atoms with Gasteiger partial charge in [-0.15, -0.1) is 28.1 Å². The van der Waals surface area contributed by atoms with Gasteiger partial charge in [-0.1, -0.05) is 24.8 Å². The van der Waals surface area contributed by atoms with Gasteiger partial charge in [0.2, 0.25) is 5.91 Å². The summed E-state index contributed by atoms with van der Waals surface area (Å²) in [6.45, 7) is 8.24. The molecule has 0 fully saturated rings. The Bertz CT molecular complexity index is 1290. The molecule has 8 nitrogen and oxygen atoms in total. The Morgan fingerprint density at radius 3 is 2.81 bits per heavy atom. The number of hydrogen-bond donors (Lipinski definition) is 1. The minimum absolute atomic E-state index is 0.0715. The van der Waals surface area contributed by atoms with Crippen molar-refractivity contribution in [3.8, 4) is 5.75 Å². The third-order valence-electron chi connectivity index (χ3n) is 6.03. The van der Waals surface area contributed by atoms with Gasteiger partial charge < -0.3 is 14.8 Å². The summed E-state index contributed by atoms with van der Waals surface area (Å²) in [7, 11) is 1.35. The number of methoxy groups -OCH3 is 1. The van der Waals surface area contributed by atoms with Crippen molar-refractivity contribution >= 4 is 40.0 Å². The summed E-state index contributed by atoms with van der Waals surface area (Å²) in [5, 5.41) is 12.5. The number of allylic oxidation sites excluding steroid dienone is 1. The van der Waals surface area contributed by atoms with E-state index >= 15 is 0 Å². The fourth-order valence-electron chi connectivity index (χ4n) is 4.23. The Morgan fingerprint density at radius 2 is 2.11 bits per heavy atom. The number of ether oxygens (including phenoxy) is 2. The smallest absolute Gasteiger partial charge is 0.341 e. The van der Waals surface area contributed by atoms with Crippen molar-refractivity contribution in [3.63, 3.8) is 0 Å². The molecule has 11 heteroatoms. The lowest BCUT2D eigenvalue weighted by Gasteiger charge is -2.18. The quantitative estimate of drug-likeness (QED) is 0.206. The number of nitrogens with one attached hydrogen (secondary N) is 1. The molecule has 0 saturated carbocycles. The lowest BCUT2D eigenvalue weighted by molar-refractivity contribution is -0.113. The topological polar surface area (TPSA) is 95.3 Å². The number of halogens is 1. The zero-order valence-electron chi connectivity index (χ0n) is 21.0. The van der Waals surface area contributed by atoms with Gasteiger partial charge >= 0.3 is 5.97 Å². The second-order valence-electron chi connectivity index (χ2n) is 8.84. The van der Waals surface area contributed by atoms with Crippen LogP contribution in [0.25, 0.3) is 0 Å². The standard InChI is InChI=1S/C26H29FN4O4S2/c1-5-12-31-23(16(3)35-18-9-7-17(27)8-10-18)29-30-26(31)36-14-21(32)28-24-22(25(33)34-4)19-11-6-15(2)13-20(19)37-24/h5,7-10,15-16H,1,6,11-14H2,2-4H3,(H,28,32). The maximum atomic E-state index is 13.2. The second kappa shape index (κ2) is 11.9. The fourth-order valence-corrected chi connectivity index (χ4v) is 6.40. The molecule has 1 amide bonds. The summed E-state index contributed by atoms with van der Waals surface area (Å²) in [4.78, 5) is 26.5. The largest absolute Gasteiger partial charge is 0.483 e. The molecular formula is C26H29FN4O4S2. The maximum Gasteiger partial charge on any atom is 0.341 e. The normalized spacial score (nSPS) is 15.5. The molecule has 1 N–H and O–H groups in total. The predicted molar refractivity (Wildman–Crippen MR) is 142 cm³/mol. The highest BCUT2D eigenvalue weighted by Crippen LogP contribution is 2.40. The van der Waals surface area contributed by atoms with Crippen LogP contribution in [0.3, 0.4) is 0 Å². The van der Waals surface area contributed by atoms with E-state index < -0.39 is 12.1 Å². The summed E-state index contributed by atoms with van der Waals surface area (Å²) in [5.74, 6) is 0.637. The third kappa shape index (κ3) is 6.22. The molecule has 4 rings (SSSR count). The number of hydrogen-bond acceptors (Lipinski definition) is 8. The molecule has 37 heavy (non-hydrogen) atoms. The van der Waals surface area contributed by atoms with Crippen LogP contribution < -0.4 is 10.1 Å². The van der Waals surface area contributed by atoms with E-state index in [0.29, 0.717) is 39.8 Å². The number of aromatic nitrogens is 3. The number of nitrogens with zero attached hydrogens (tertiary/aromatic N) is 3. The lowest BCUT2D eigenvalue weighted by atomic mass is 9.88. The fraction of sp³-hybridized carbons (Fsp3) is 0.385. The van der Waals surface area contributed by atoms with E-state index in [4.69, 9.17) is 9.47 Å². The number of amides is 1. The molecule has 0 radical (unpaired) electrons. The van der Waals surface area contributed by atoms with Crippen molar-refractivity contribution in [2.45, 2.75) is 50.9 Å². The first-order chi connectivity index (χ1) is 17.8. The van der Waals surface area contributed by atoms with Gasteiger partial charge in [0.1, 0.15) is 16.6 Å². The predicted octanol–water partition coefficient (Wildman–Crippen LogP) is 5.45. The van der Waals surface area contributed by atoms with E-state index in [1.165, 1.54) is 42.3 Å². The lowest BCUT2D eigenvalue weighted by Crippen LogP contribution is -2.17. The van der Waals surface area contributed by atoms with Crippen molar-refractivity contribution in [2.75, 3.05) is 18.2 Å². The van der Waals surface area contributed by atoms with Crippen LogP contribution in [0.2, 0.25) is 0 Å². The summed E-state index contributed by atoms with van der Waals surface area (Å²) in [6.07, 6.45) is 3.93. The highest BCUT2D eigenvalue weighted by molar-refractivity contribution is 7.99. The zero-order valence-corrected chi connectivity index (χ0v) is 22.6. The minimum atomic E-state index is -0.469. The van der Waals surface area contributed by atoms with Gasteiger partial charge in [-0.25, -0.2) is 9.18 Å². The molecule has 2 unspecified atom stereocenters. The van der Waals surface area contributed by atoms with Gasteiger partial charge in [0.15, 0.2) is 17.1 Å². The Kier molecular flexibility index (Phi) is 8.65. The molecule has 0 spiro atoms. The molecular weight excluding hydrogens is 515 g/mol. The number of thioether (sulfide) groups is 1. The molecule has 2 atom stereocenters. The summed E-state index contributed by atoms with van der Waals surface area (Å²) in [5.41, 5.74) is 1.46. The molecule has 1 aliphatic carbocycles. The molecule has 2 aromatic heterocycles. The average Bonchev–Trinajstić information content (AvgIpc) is 3.44. The van der Waals surface area contributed by atoms with Crippen LogP contribution in [-0.2, 0) is 28.9 Å². The van der Waals surface area contributed by atoms with Crippen LogP contribution in [0.15, 0.2) is 42.1 Å². The van der Waals surface area contributed by atoms with E-state index in [1.807, 2.05) is 11.5 Å². The summed E-state index contributed by atoms with van der Waals surface area (Å²) in [6, 6.07) is 5.75. The van der Waals surface area contributed by atoms with Crippen molar-refractivity contribution in [1.29, 1.82) is 0 Å². The average molecular weight is 545 g/mol.